The SMILES string of the molecule is COC(=O)C1=COC(O)C2C1C[C@@H]1O[C@]21CO. The molecule has 0 amide bonds. The first kappa shape index (κ1) is 11.0. The van der Waals surface area contributed by atoms with Crippen molar-refractivity contribution in [1.82, 2.24) is 0 Å². The van der Waals surface area contributed by atoms with Crippen LogP contribution in [0.15, 0.2) is 11.8 Å². The highest BCUT2D eigenvalue weighted by Gasteiger charge is 2.72. The molecule has 2 aliphatic heterocycles. The summed E-state index contributed by atoms with van der Waals surface area (Å²) in [7, 11) is 1.30. The molecule has 2 fully saturated rings. The summed E-state index contributed by atoms with van der Waals surface area (Å²) in [5, 5.41) is 19.2. The van der Waals surface area contributed by atoms with Gasteiger partial charge < -0.3 is 24.4 Å². The lowest BCUT2D eigenvalue weighted by atomic mass is 9.82. The van der Waals surface area contributed by atoms with Crippen LogP contribution in [0.1, 0.15) is 6.42 Å². The molecule has 3 aliphatic rings. The lowest BCUT2D eigenvalue weighted by molar-refractivity contribution is -0.153. The molecule has 0 bridgehead atoms. The second kappa shape index (κ2) is 3.44. The smallest absolute Gasteiger partial charge is 0.337 e. The van der Waals surface area contributed by atoms with Crippen LogP contribution in [-0.2, 0) is 19.0 Å². The standard InChI is InChI=1S/C11H14O6/c1-15-9(13)6-3-16-10(14)8-5(6)2-7-11(8,4-12)17-7/h3,5,7-8,10,12,14H,2,4H2,1H3/t5?,7-,8?,10?,11-/m0/s1. The Kier molecular flexibility index (Phi) is 2.23. The van der Waals surface area contributed by atoms with E-state index in [-0.39, 0.29) is 18.6 Å². The highest BCUT2D eigenvalue weighted by molar-refractivity contribution is 5.89. The number of epoxide rings is 1. The average Bonchev–Trinajstić information content (AvgIpc) is 2.95. The van der Waals surface area contributed by atoms with Crippen LogP contribution < -0.4 is 0 Å². The number of esters is 1. The molecule has 2 heterocycles. The maximum Gasteiger partial charge on any atom is 0.337 e. The quantitative estimate of drug-likeness (QED) is 0.485. The van der Waals surface area contributed by atoms with E-state index in [0.717, 1.165) is 0 Å². The van der Waals surface area contributed by atoms with Crippen LogP contribution in [0.4, 0.5) is 0 Å². The third-order valence-electron chi connectivity index (χ3n) is 4.02. The number of methoxy groups -OCH3 is 1. The molecule has 1 saturated carbocycles. The fourth-order valence-corrected chi connectivity index (χ4v) is 3.13. The van der Waals surface area contributed by atoms with Crippen molar-refractivity contribution in [3.8, 4) is 0 Å². The van der Waals surface area contributed by atoms with Crippen LogP contribution in [-0.4, -0.2) is 47.9 Å². The van der Waals surface area contributed by atoms with Gasteiger partial charge in [0.05, 0.1) is 37.6 Å². The first-order chi connectivity index (χ1) is 8.14. The second-order valence-electron chi connectivity index (χ2n) is 4.68. The minimum Gasteiger partial charge on any atom is -0.472 e. The second-order valence-corrected chi connectivity index (χ2v) is 4.68. The first-order valence-corrected chi connectivity index (χ1v) is 5.54. The van der Waals surface area contributed by atoms with Gasteiger partial charge in [-0.25, -0.2) is 4.79 Å². The molecular formula is C11H14O6. The molecule has 3 unspecified atom stereocenters. The number of hydrogen-bond donors (Lipinski definition) is 2. The van der Waals surface area contributed by atoms with Crippen LogP contribution in [0.5, 0.6) is 0 Å². The number of fused-ring (bicyclic) bond motifs is 3. The zero-order valence-electron chi connectivity index (χ0n) is 9.33. The molecule has 1 aliphatic carbocycles. The van der Waals surface area contributed by atoms with Crippen LogP contribution in [0, 0.1) is 11.8 Å². The third kappa shape index (κ3) is 1.28. The minimum atomic E-state index is -1.05. The van der Waals surface area contributed by atoms with Gasteiger partial charge in [0.2, 0.25) is 6.29 Å². The van der Waals surface area contributed by atoms with Gasteiger partial charge in [0.1, 0.15) is 5.60 Å². The third-order valence-corrected chi connectivity index (χ3v) is 4.02. The zero-order chi connectivity index (χ0) is 12.2. The lowest BCUT2D eigenvalue weighted by Gasteiger charge is -2.34. The van der Waals surface area contributed by atoms with Gasteiger partial charge in [-0.3, -0.25) is 0 Å². The Morgan fingerprint density at radius 3 is 3.12 bits per heavy atom. The highest BCUT2D eigenvalue weighted by atomic mass is 16.6. The molecule has 6 nitrogen and oxygen atoms in total. The summed E-state index contributed by atoms with van der Waals surface area (Å²) in [6, 6.07) is 0. The summed E-state index contributed by atoms with van der Waals surface area (Å²) in [6.07, 6.45) is 0.708. The summed E-state index contributed by atoms with van der Waals surface area (Å²) < 4.78 is 15.2. The van der Waals surface area contributed by atoms with E-state index < -0.39 is 23.8 Å². The van der Waals surface area contributed by atoms with Crippen LogP contribution in [0.3, 0.4) is 0 Å². The van der Waals surface area contributed by atoms with Gasteiger partial charge >= 0.3 is 5.97 Å². The molecule has 1 saturated heterocycles. The predicted octanol–water partition coefficient (Wildman–Crippen LogP) is -0.842. The van der Waals surface area contributed by atoms with Gasteiger partial charge in [-0.05, 0) is 6.42 Å². The molecule has 0 aromatic rings. The summed E-state index contributed by atoms with van der Waals surface area (Å²) in [5.41, 5.74) is -0.330. The van der Waals surface area contributed by atoms with Gasteiger partial charge in [0.25, 0.3) is 0 Å². The van der Waals surface area contributed by atoms with Crippen molar-refractivity contribution in [2.24, 2.45) is 11.8 Å². The largest absolute Gasteiger partial charge is 0.472 e. The van der Waals surface area contributed by atoms with Gasteiger partial charge in [-0.1, -0.05) is 0 Å². The van der Waals surface area contributed by atoms with Crippen molar-refractivity contribution in [2.75, 3.05) is 13.7 Å². The molecule has 17 heavy (non-hydrogen) atoms. The number of ether oxygens (including phenoxy) is 3. The van der Waals surface area contributed by atoms with Gasteiger partial charge in [0.15, 0.2) is 0 Å². The van der Waals surface area contributed by atoms with Crippen molar-refractivity contribution in [1.29, 1.82) is 0 Å². The van der Waals surface area contributed by atoms with Gasteiger partial charge in [0, 0.05) is 5.92 Å². The molecule has 0 aromatic carbocycles. The molecule has 0 radical (unpaired) electrons. The Morgan fingerprint density at radius 1 is 1.71 bits per heavy atom. The number of aliphatic hydroxyl groups excluding tert-OH is 2. The number of hydrogen-bond acceptors (Lipinski definition) is 6. The Labute approximate surface area is 97.8 Å². The fourth-order valence-electron chi connectivity index (χ4n) is 3.13. The van der Waals surface area contributed by atoms with Crippen molar-refractivity contribution in [3.05, 3.63) is 11.8 Å². The summed E-state index contributed by atoms with van der Waals surface area (Å²) >= 11 is 0. The predicted molar refractivity (Wildman–Crippen MR) is 53.5 cm³/mol. The molecular weight excluding hydrogens is 228 g/mol. The molecule has 6 heteroatoms. The molecule has 3 rings (SSSR count). The Morgan fingerprint density at radius 2 is 2.47 bits per heavy atom. The Bertz CT molecular complexity index is 387. The van der Waals surface area contributed by atoms with E-state index in [2.05, 4.69) is 4.74 Å². The average molecular weight is 242 g/mol. The maximum absolute atomic E-state index is 11.6. The fraction of sp³-hybridized carbons (Fsp3) is 0.727. The van der Waals surface area contributed by atoms with Gasteiger partial charge in [-0.15, -0.1) is 0 Å². The van der Waals surface area contributed by atoms with E-state index >= 15 is 0 Å². The first-order valence-electron chi connectivity index (χ1n) is 5.54. The van der Waals surface area contributed by atoms with Crippen molar-refractivity contribution < 1.29 is 29.2 Å². The van der Waals surface area contributed by atoms with E-state index in [0.29, 0.717) is 12.0 Å². The summed E-state index contributed by atoms with van der Waals surface area (Å²) in [6.45, 7) is -0.173. The van der Waals surface area contributed by atoms with E-state index in [1.165, 1.54) is 13.4 Å². The van der Waals surface area contributed by atoms with Gasteiger partial charge in [-0.2, -0.15) is 0 Å². The number of carbonyl (C=O) groups is 1. The lowest BCUT2D eigenvalue weighted by Crippen LogP contribution is -2.43. The van der Waals surface area contributed by atoms with Crippen molar-refractivity contribution >= 4 is 5.97 Å². The number of aliphatic hydroxyl groups is 2. The number of carbonyl (C=O) groups excluding carboxylic acids is 1. The van der Waals surface area contributed by atoms with Crippen molar-refractivity contribution in [2.45, 2.75) is 24.4 Å². The van der Waals surface area contributed by atoms with Crippen LogP contribution in [0.2, 0.25) is 0 Å². The van der Waals surface area contributed by atoms with Crippen LogP contribution >= 0.6 is 0 Å². The molecule has 94 valence electrons. The Balaban J connectivity index is 1.92. The highest BCUT2D eigenvalue weighted by Crippen LogP contribution is 2.60. The zero-order valence-corrected chi connectivity index (χ0v) is 9.33. The molecule has 0 spiro atoms. The molecule has 2 N–H and O–H groups in total. The summed E-state index contributed by atoms with van der Waals surface area (Å²) in [5.74, 6) is -1.03. The molecule has 5 atom stereocenters. The van der Waals surface area contributed by atoms with E-state index in [4.69, 9.17) is 9.47 Å². The van der Waals surface area contributed by atoms with E-state index in [1.807, 2.05) is 0 Å². The van der Waals surface area contributed by atoms with E-state index in [1.54, 1.807) is 0 Å². The summed E-state index contributed by atoms with van der Waals surface area (Å²) in [4.78, 5) is 11.6. The topological polar surface area (TPSA) is 88.5 Å². The minimum absolute atomic E-state index is 0.105. The monoisotopic (exact) mass is 242 g/mol. The van der Waals surface area contributed by atoms with Crippen molar-refractivity contribution in [3.63, 3.8) is 0 Å². The number of rotatable bonds is 2. The maximum atomic E-state index is 11.6. The molecule has 0 aromatic heterocycles. The normalized spacial score (nSPS) is 46.4. The van der Waals surface area contributed by atoms with Crippen LogP contribution in [0.25, 0.3) is 0 Å². The Hall–Kier alpha value is -1.11. The van der Waals surface area contributed by atoms with E-state index in [9.17, 15) is 15.0 Å².